The van der Waals surface area contributed by atoms with Gasteiger partial charge in [0, 0.05) is 0 Å². The van der Waals surface area contributed by atoms with E-state index in [4.69, 9.17) is 0 Å². The van der Waals surface area contributed by atoms with Crippen molar-refractivity contribution in [3.63, 3.8) is 0 Å². The number of hydrogen-bond donors (Lipinski definition) is 1. The molecule has 1 heterocycles. The number of carbonyl (C=O) groups excluding carboxylic acids is 1. The number of hydrogen-bond acceptors (Lipinski definition) is 3. The Bertz CT molecular complexity index is 188. The molecule has 1 aliphatic heterocycles. The minimum Gasteiger partial charge on any atom is -0.385 e. The van der Waals surface area contributed by atoms with Crippen molar-refractivity contribution in [3.05, 3.63) is 0 Å². The van der Waals surface area contributed by atoms with Crippen LogP contribution in [0.1, 0.15) is 39.5 Å². The summed E-state index contributed by atoms with van der Waals surface area (Å²) in [6.45, 7) is 5.75. The minimum absolute atomic E-state index is 0.0191. The van der Waals surface area contributed by atoms with Crippen LogP contribution in [-0.2, 0) is 4.79 Å². The molecular formula is C11H21NO2. The van der Waals surface area contributed by atoms with Crippen molar-refractivity contribution in [1.82, 2.24) is 4.90 Å². The lowest BCUT2D eigenvalue weighted by molar-refractivity contribution is -0.132. The van der Waals surface area contributed by atoms with Gasteiger partial charge < -0.3 is 5.11 Å². The monoisotopic (exact) mass is 199 g/mol. The predicted molar refractivity (Wildman–Crippen MR) is 56.2 cm³/mol. The number of piperidine rings is 1. The summed E-state index contributed by atoms with van der Waals surface area (Å²) in [6.07, 6.45) is 3.39. The molecule has 0 bridgehead atoms. The number of likely N-dealkylation sites (tertiary alicyclic amines) is 1. The van der Waals surface area contributed by atoms with Crippen LogP contribution in [0.4, 0.5) is 0 Å². The Labute approximate surface area is 86.1 Å². The van der Waals surface area contributed by atoms with Crippen molar-refractivity contribution in [2.45, 2.75) is 51.7 Å². The lowest BCUT2D eigenvalue weighted by Crippen LogP contribution is -2.45. The fourth-order valence-electron chi connectivity index (χ4n) is 1.97. The highest BCUT2D eigenvalue weighted by Gasteiger charge is 2.26. The third kappa shape index (κ3) is 2.79. The maximum Gasteiger partial charge on any atom is 0.177 e. The molecule has 1 rings (SSSR count). The van der Waals surface area contributed by atoms with E-state index >= 15 is 0 Å². The van der Waals surface area contributed by atoms with Crippen LogP contribution >= 0.6 is 0 Å². The van der Waals surface area contributed by atoms with E-state index in [-0.39, 0.29) is 11.8 Å². The summed E-state index contributed by atoms with van der Waals surface area (Å²) in [6, 6.07) is -0.106. The Balaban J connectivity index is 2.45. The smallest absolute Gasteiger partial charge is 0.177 e. The summed E-state index contributed by atoms with van der Waals surface area (Å²) in [7, 11) is 0. The van der Waals surface area contributed by atoms with Crippen LogP contribution in [0.5, 0.6) is 0 Å². The molecule has 0 radical (unpaired) electrons. The second-order valence-corrected chi connectivity index (χ2v) is 4.10. The highest BCUT2D eigenvalue weighted by Crippen LogP contribution is 2.13. The molecule has 0 aliphatic carbocycles. The number of ketones is 1. The van der Waals surface area contributed by atoms with Crippen molar-refractivity contribution in [1.29, 1.82) is 0 Å². The Kier molecular flexibility index (Phi) is 4.55. The van der Waals surface area contributed by atoms with Crippen LogP contribution < -0.4 is 0 Å². The van der Waals surface area contributed by atoms with Crippen LogP contribution in [0.3, 0.4) is 0 Å². The SMILES string of the molecule is CCC(O)C(=O)C(C)N1CCCCC1. The molecule has 1 aliphatic rings. The topological polar surface area (TPSA) is 40.5 Å². The second kappa shape index (κ2) is 5.47. The molecule has 1 saturated heterocycles. The first-order valence-electron chi connectivity index (χ1n) is 5.62. The summed E-state index contributed by atoms with van der Waals surface area (Å²) in [5, 5.41) is 9.45. The summed E-state index contributed by atoms with van der Waals surface area (Å²) in [5.41, 5.74) is 0. The first kappa shape index (κ1) is 11.7. The molecule has 2 atom stereocenters. The highest BCUT2D eigenvalue weighted by molar-refractivity contribution is 5.87. The third-order valence-corrected chi connectivity index (χ3v) is 3.07. The van der Waals surface area contributed by atoms with Crippen LogP contribution in [0, 0.1) is 0 Å². The van der Waals surface area contributed by atoms with Gasteiger partial charge in [-0.25, -0.2) is 0 Å². The van der Waals surface area contributed by atoms with Gasteiger partial charge in [-0.3, -0.25) is 9.69 Å². The molecular weight excluding hydrogens is 178 g/mol. The Morgan fingerprint density at radius 3 is 2.43 bits per heavy atom. The summed E-state index contributed by atoms with van der Waals surface area (Å²) < 4.78 is 0. The van der Waals surface area contributed by atoms with Gasteiger partial charge in [0.1, 0.15) is 6.10 Å². The lowest BCUT2D eigenvalue weighted by Gasteiger charge is -2.32. The van der Waals surface area contributed by atoms with E-state index < -0.39 is 6.10 Å². The normalized spacial score (nSPS) is 23.1. The number of rotatable bonds is 4. The van der Waals surface area contributed by atoms with Crippen LogP contribution in [-0.4, -0.2) is 41.0 Å². The molecule has 0 saturated carbocycles. The molecule has 1 N–H and O–H groups in total. The summed E-state index contributed by atoms with van der Waals surface area (Å²) in [4.78, 5) is 13.9. The van der Waals surface area contributed by atoms with Crippen molar-refractivity contribution >= 4 is 5.78 Å². The number of carbonyl (C=O) groups is 1. The molecule has 2 unspecified atom stereocenters. The van der Waals surface area contributed by atoms with Crippen LogP contribution in [0.15, 0.2) is 0 Å². The predicted octanol–water partition coefficient (Wildman–Crippen LogP) is 1.20. The molecule has 0 amide bonds. The largest absolute Gasteiger partial charge is 0.385 e. The summed E-state index contributed by atoms with van der Waals surface area (Å²) >= 11 is 0. The maximum atomic E-state index is 11.7. The van der Waals surface area contributed by atoms with Gasteiger partial charge in [0.05, 0.1) is 6.04 Å². The molecule has 14 heavy (non-hydrogen) atoms. The Hall–Kier alpha value is -0.410. The number of aliphatic hydroxyl groups excluding tert-OH is 1. The van der Waals surface area contributed by atoms with Crippen molar-refractivity contribution in [2.24, 2.45) is 0 Å². The molecule has 3 nitrogen and oxygen atoms in total. The number of aliphatic hydroxyl groups is 1. The van der Waals surface area contributed by atoms with E-state index in [1.54, 1.807) is 0 Å². The average Bonchev–Trinajstić information content (AvgIpc) is 2.27. The molecule has 82 valence electrons. The van der Waals surface area contributed by atoms with Gasteiger partial charge in [-0.1, -0.05) is 13.3 Å². The number of nitrogens with zero attached hydrogens (tertiary/aromatic N) is 1. The van der Waals surface area contributed by atoms with Crippen LogP contribution in [0.25, 0.3) is 0 Å². The lowest BCUT2D eigenvalue weighted by atomic mass is 10.0. The molecule has 0 spiro atoms. The minimum atomic E-state index is -0.771. The van der Waals surface area contributed by atoms with Gasteiger partial charge in [-0.2, -0.15) is 0 Å². The van der Waals surface area contributed by atoms with Gasteiger partial charge >= 0.3 is 0 Å². The van der Waals surface area contributed by atoms with E-state index in [0.29, 0.717) is 6.42 Å². The molecule has 0 aromatic rings. The van der Waals surface area contributed by atoms with Gasteiger partial charge in [0.15, 0.2) is 5.78 Å². The first-order valence-corrected chi connectivity index (χ1v) is 5.62. The van der Waals surface area contributed by atoms with Crippen molar-refractivity contribution in [2.75, 3.05) is 13.1 Å². The zero-order valence-corrected chi connectivity index (χ0v) is 9.20. The average molecular weight is 199 g/mol. The Morgan fingerprint density at radius 2 is 1.93 bits per heavy atom. The van der Waals surface area contributed by atoms with E-state index in [1.165, 1.54) is 19.3 Å². The fraction of sp³-hybridized carbons (Fsp3) is 0.909. The van der Waals surface area contributed by atoms with Gasteiger partial charge in [0.25, 0.3) is 0 Å². The fourth-order valence-corrected chi connectivity index (χ4v) is 1.97. The molecule has 1 fully saturated rings. The van der Waals surface area contributed by atoms with Gasteiger partial charge in [0.2, 0.25) is 0 Å². The molecule has 3 heteroatoms. The first-order chi connectivity index (χ1) is 6.66. The van der Waals surface area contributed by atoms with Crippen LogP contribution in [0.2, 0.25) is 0 Å². The van der Waals surface area contributed by atoms with E-state index in [9.17, 15) is 9.90 Å². The quantitative estimate of drug-likeness (QED) is 0.739. The standard InChI is InChI=1S/C11H21NO2/c1-3-10(13)11(14)9(2)12-7-5-4-6-8-12/h9-10,13H,3-8H2,1-2H3. The number of Topliss-reactive ketones (excluding diaryl/α,β-unsaturated/α-hetero) is 1. The van der Waals surface area contributed by atoms with Gasteiger partial charge in [-0.15, -0.1) is 0 Å². The van der Waals surface area contributed by atoms with Gasteiger partial charge in [-0.05, 0) is 39.3 Å². The highest BCUT2D eigenvalue weighted by atomic mass is 16.3. The molecule has 0 aromatic carbocycles. The zero-order valence-electron chi connectivity index (χ0n) is 9.20. The maximum absolute atomic E-state index is 11.7. The van der Waals surface area contributed by atoms with E-state index in [0.717, 1.165) is 13.1 Å². The Morgan fingerprint density at radius 1 is 1.36 bits per heavy atom. The zero-order chi connectivity index (χ0) is 10.6. The molecule has 0 aromatic heterocycles. The third-order valence-electron chi connectivity index (χ3n) is 3.07. The van der Waals surface area contributed by atoms with Crippen molar-refractivity contribution in [3.8, 4) is 0 Å². The van der Waals surface area contributed by atoms with Crippen molar-refractivity contribution < 1.29 is 9.90 Å². The summed E-state index contributed by atoms with van der Waals surface area (Å²) in [5.74, 6) is -0.0191. The van der Waals surface area contributed by atoms with E-state index in [1.807, 2.05) is 13.8 Å². The second-order valence-electron chi connectivity index (χ2n) is 4.10. The van der Waals surface area contributed by atoms with E-state index in [2.05, 4.69) is 4.90 Å².